The molecule has 3 N–H and O–H groups in total. The van der Waals surface area contributed by atoms with Gasteiger partial charge in [0.1, 0.15) is 29.0 Å². The molecule has 1 saturated heterocycles. The summed E-state index contributed by atoms with van der Waals surface area (Å²) < 4.78 is 6.01. The van der Waals surface area contributed by atoms with E-state index < -0.39 is 24.4 Å². The number of nitrogens with zero attached hydrogens (tertiary/aromatic N) is 1. The first-order valence-electron chi connectivity index (χ1n) is 4.87. The van der Waals surface area contributed by atoms with Gasteiger partial charge in [-0.25, -0.2) is 4.98 Å². The molecule has 5 nitrogen and oxygen atoms in total. The molecule has 0 aliphatic carbocycles. The number of hydrogen-bond donors (Lipinski definition) is 3. The summed E-state index contributed by atoms with van der Waals surface area (Å²) in [5, 5.41) is 28.3. The van der Waals surface area contributed by atoms with Gasteiger partial charge in [0, 0.05) is 6.20 Å². The SMILES string of the molecule is OC[C@H]1O[C@H](c2ccnc(Br)c2)[C@H](O)[C@@H]1O. The highest BCUT2D eigenvalue weighted by molar-refractivity contribution is 9.10. The van der Waals surface area contributed by atoms with Crippen LogP contribution in [0.1, 0.15) is 11.7 Å². The number of aliphatic hydroxyl groups excluding tert-OH is 3. The lowest BCUT2D eigenvalue weighted by atomic mass is 10.0. The smallest absolute Gasteiger partial charge is 0.113 e. The Kier molecular flexibility index (Phi) is 3.56. The summed E-state index contributed by atoms with van der Waals surface area (Å²) in [7, 11) is 0. The van der Waals surface area contributed by atoms with E-state index in [4.69, 9.17) is 9.84 Å². The van der Waals surface area contributed by atoms with Gasteiger partial charge in [0.2, 0.25) is 0 Å². The van der Waals surface area contributed by atoms with Crippen LogP contribution < -0.4 is 0 Å². The number of pyridine rings is 1. The second kappa shape index (κ2) is 4.77. The van der Waals surface area contributed by atoms with Crippen LogP contribution in [0.4, 0.5) is 0 Å². The number of halogens is 1. The summed E-state index contributed by atoms with van der Waals surface area (Å²) in [5.41, 5.74) is 0.712. The van der Waals surface area contributed by atoms with Crippen molar-refractivity contribution < 1.29 is 20.1 Å². The standard InChI is InChI=1S/C10H12BrNO4/c11-7-3-5(1-2-12-7)10-9(15)8(14)6(4-13)16-10/h1-3,6,8-10,13-15H,4H2/t6-,8-,9-,10-/m1/s1. The largest absolute Gasteiger partial charge is 0.394 e. The first kappa shape index (κ1) is 11.9. The molecule has 2 rings (SSSR count). The maximum atomic E-state index is 9.78. The van der Waals surface area contributed by atoms with E-state index in [-0.39, 0.29) is 6.61 Å². The molecule has 0 aromatic carbocycles. The Morgan fingerprint density at radius 2 is 2.12 bits per heavy atom. The highest BCUT2D eigenvalue weighted by Crippen LogP contribution is 2.33. The molecule has 88 valence electrons. The van der Waals surface area contributed by atoms with Gasteiger partial charge in [-0.3, -0.25) is 0 Å². The van der Waals surface area contributed by atoms with Gasteiger partial charge in [-0.2, -0.15) is 0 Å². The lowest BCUT2D eigenvalue weighted by molar-refractivity contribution is -0.0228. The van der Waals surface area contributed by atoms with Gasteiger partial charge in [-0.15, -0.1) is 0 Å². The quantitative estimate of drug-likeness (QED) is 0.668. The van der Waals surface area contributed by atoms with E-state index in [0.717, 1.165) is 0 Å². The van der Waals surface area contributed by atoms with Crippen LogP contribution in [0, 0.1) is 0 Å². The molecule has 1 aromatic rings. The minimum atomic E-state index is -1.07. The van der Waals surface area contributed by atoms with E-state index in [1.54, 1.807) is 18.3 Å². The maximum Gasteiger partial charge on any atom is 0.113 e. The summed E-state index contributed by atoms with van der Waals surface area (Å²) in [6.07, 6.45) is -1.90. The Labute approximate surface area is 101 Å². The van der Waals surface area contributed by atoms with Crippen molar-refractivity contribution in [2.24, 2.45) is 0 Å². The van der Waals surface area contributed by atoms with Crippen molar-refractivity contribution in [2.75, 3.05) is 6.61 Å². The molecule has 0 radical (unpaired) electrons. The van der Waals surface area contributed by atoms with Crippen LogP contribution in [0.25, 0.3) is 0 Å². The summed E-state index contributed by atoms with van der Waals surface area (Å²) >= 11 is 3.22. The Balaban J connectivity index is 2.23. The minimum absolute atomic E-state index is 0.318. The second-order valence-corrected chi connectivity index (χ2v) is 4.48. The Morgan fingerprint density at radius 3 is 2.69 bits per heavy atom. The van der Waals surface area contributed by atoms with Crippen molar-refractivity contribution in [1.82, 2.24) is 4.98 Å². The summed E-state index contributed by atoms with van der Waals surface area (Å²) in [6.45, 7) is -0.318. The molecule has 16 heavy (non-hydrogen) atoms. The fraction of sp³-hybridized carbons (Fsp3) is 0.500. The molecule has 0 spiro atoms. The molecule has 1 aromatic heterocycles. The lowest BCUT2D eigenvalue weighted by Crippen LogP contribution is -2.32. The lowest BCUT2D eigenvalue weighted by Gasteiger charge is -2.14. The van der Waals surface area contributed by atoms with Crippen LogP contribution >= 0.6 is 15.9 Å². The maximum absolute atomic E-state index is 9.78. The summed E-state index contributed by atoms with van der Waals surface area (Å²) in [6, 6.07) is 3.41. The van der Waals surface area contributed by atoms with Crippen molar-refractivity contribution in [2.45, 2.75) is 24.4 Å². The van der Waals surface area contributed by atoms with Gasteiger partial charge in [0.15, 0.2) is 0 Å². The number of ether oxygens (including phenoxy) is 1. The van der Waals surface area contributed by atoms with Crippen LogP contribution in [-0.4, -0.2) is 45.2 Å². The zero-order valence-corrected chi connectivity index (χ0v) is 9.91. The van der Waals surface area contributed by atoms with E-state index in [0.29, 0.717) is 10.2 Å². The van der Waals surface area contributed by atoms with Crippen LogP contribution in [0.5, 0.6) is 0 Å². The molecule has 1 aliphatic heterocycles. The first-order chi connectivity index (χ1) is 7.63. The molecular formula is C10H12BrNO4. The van der Waals surface area contributed by atoms with E-state index in [1.807, 2.05) is 0 Å². The Morgan fingerprint density at radius 1 is 1.38 bits per heavy atom. The molecule has 0 saturated carbocycles. The van der Waals surface area contributed by atoms with Gasteiger partial charge < -0.3 is 20.1 Å². The van der Waals surface area contributed by atoms with E-state index in [9.17, 15) is 10.2 Å². The van der Waals surface area contributed by atoms with Crippen LogP contribution in [0.2, 0.25) is 0 Å². The van der Waals surface area contributed by atoms with Crippen LogP contribution in [0.15, 0.2) is 22.9 Å². The van der Waals surface area contributed by atoms with Crippen molar-refractivity contribution >= 4 is 15.9 Å². The van der Waals surface area contributed by atoms with Crippen LogP contribution in [0.3, 0.4) is 0 Å². The third-order valence-corrected chi connectivity index (χ3v) is 3.06. The molecular weight excluding hydrogens is 278 g/mol. The van der Waals surface area contributed by atoms with E-state index in [1.165, 1.54) is 0 Å². The molecule has 0 bridgehead atoms. The van der Waals surface area contributed by atoms with Crippen molar-refractivity contribution in [3.63, 3.8) is 0 Å². The normalized spacial score (nSPS) is 34.2. The predicted molar refractivity (Wildman–Crippen MR) is 58.7 cm³/mol. The molecule has 4 atom stereocenters. The van der Waals surface area contributed by atoms with E-state index in [2.05, 4.69) is 20.9 Å². The zero-order valence-electron chi connectivity index (χ0n) is 8.32. The average molecular weight is 290 g/mol. The third kappa shape index (κ3) is 2.11. The second-order valence-electron chi connectivity index (χ2n) is 3.67. The highest BCUT2D eigenvalue weighted by atomic mass is 79.9. The van der Waals surface area contributed by atoms with Gasteiger partial charge in [0.25, 0.3) is 0 Å². The van der Waals surface area contributed by atoms with Gasteiger partial charge in [-0.1, -0.05) is 0 Å². The van der Waals surface area contributed by atoms with Gasteiger partial charge in [0.05, 0.1) is 6.61 Å². The highest BCUT2D eigenvalue weighted by Gasteiger charge is 2.42. The first-order valence-corrected chi connectivity index (χ1v) is 5.66. The monoisotopic (exact) mass is 289 g/mol. The predicted octanol–water partition coefficient (Wildman–Crippen LogP) is -0.00190. The van der Waals surface area contributed by atoms with E-state index >= 15 is 0 Å². The number of aromatic nitrogens is 1. The molecule has 6 heteroatoms. The Bertz CT molecular complexity index is 376. The van der Waals surface area contributed by atoms with Gasteiger partial charge >= 0.3 is 0 Å². The summed E-state index contributed by atoms with van der Waals surface area (Å²) in [4.78, 5) is 3.96. The van der Waals surface area contributed by atoms with Crippen LogP contribution in [-0.2, 0) is 4.74 Å². The minimum Gasteiger partial charge on any atom is -0.394 e. The fourth-order valence-electron chi connectivity index (χ4n) is 1.77. The number of rotatable bonds is 2. The van der Waals surface area contributed by atoms with Crippen molar-refractivity contribution in [3.8, 4) is 0 Å². The molecule has 0 unspecified atom stereocenters. The number of hydrogen-bond acceptors (Lipinski definition) is 5. The topological polar surface area (TPSA) is 82.8 Å². The molecule has 2 heterocycles. The molecule has 1 fully saturated rings. The van der Waals surface area contributed by atoms with Gasteiger partial charge in [-0.05, 0) is 33.6 Å². The average Bonchev–Trinajstić information content (AvgIpc) is 2.56. The van der Waals surface area contributed by atoms with Crippen molar-refractivity contribution in [3.05, 3.63) is 28.5 Å². The zero-order chi connectivity index (χ0) is 11.7. The third-order valence-electron chi connectivity index (χ3n) is 2.62. The Hall–Kier alpha value is -0.530. The number of aliphatic hydroxyl groups is 3. The molecule has 1 aliphatic rings. The van der Waals surface area contributed by atoms with Crippen molar-refractivity contribution in [1.29, 1.82) is 0 Å². The fourth-order valence-corrected chi connectivity index (χ4v) is 2.15. The summed E-state index contributed by atoms with van der Waals surface area (Å²) in [5.74, 6) is 0. The molecule has 0 amide bonds.